The van der Waals surface area contributed by atoms with Gasteiger partial charge in [0.2, 0.25) is 0 Å². The zero-order valence-electron chi connectivity index (χ0n) is 33.5. The largest absolute Gasteiger partial charge is 0.387 e. The third-order valence-electron chi connectivity index (χ3n) is 10.7. The molecule has 9 heterocycles. The lowest BCUT2D eigenvalue weighted by Crippen LogP contribution is -2.37. The van der Waals surface area contributed by atoms with Crippen LogP contribution in [0.5, 0.6) is 0 Å². The number of aliphatic hydroxyl groups excluding tert-OH is 4. The average molecular weight is 1050 g/mol. The summed E-state index contributed by atoms with van der Waals surface area (Å²) in [6.07, 6.45) is -10.7. The fourth-order valence-corrected chi connectivity index (χ4v) is 10.9. The maximum atomic E-state index is 11.7. The van der Waals surface area contributed by atoms with Crippen molar-refractivity contribution in [3.63, 3.8) is 0 Å². The lowest BCUT2D eigenvalue weighted by Gasteiger charge is -2.27. The van der Waals surface area contributed by atoms with Gasteiger partial charge >= 0.3 is 20.2 Å². The second kappa shape index (κ2) is 18.6. The van der Waals surface area contributed by atoms with Gasteiger partial charge in [-0.05, 0) is 35.4 Å². The van der Waals surface area contributed by atoms with E-state index in [1.807, 2.05) is 0 Å². The van der Waals surface area contributed by atoms with Crippen LogP contribution < -0.4 is 17.2 Å². The lowest BCUT2D eigenvalue weighted by molar-refractivity contribution is -0.0588. The van der Waals surface area contributed by atoms with Gasteiger partial charge in [-0.2, -0.15) is 0 Å². The van der Waals surface area contributed by atoms with E-state index in [-0.39, 0.29) is 50.9 Å². The molecule has 3 aliphatic rings. The summed E-state index contributed by atoms with van der Waals surface area (Å²) in [5.41, 5.74) is 18.8. The average Bonchev–Trinajstić information content (AvgIpc) is 4.13. The second-order valence-electron chi connectivity index (χ2n) is 14.9. The van der Waals surface area contributed by atoms with Crippen molar-refractivity contribution in [3.8, 4) is 0 Å². The second-order valence-corrected chi connectivity index (χ2v) is 23.1. The first kappa shape index (κ1) is 48.4. The van der Waals surface area contributed by atoms with E-state index in [4.69, 9.17) is 77.6 Å². The van der Waals surface area contributed by atoms with Gasteiger partial charge in [0, 0.05) is 0 Å². The van der Waals surface area contributed by atoms with Gasteiger partial charge in [-0.25, -0.2) is 44.9 Å². The Balaban J connectivity index is 0.918. The molecular formula is C30H38N15O16P3S3. The highest BCUT2D eigenvalue weighted by atomic mass is 32.5. The molecular weight excluding hydrogens is 1020 g/mol. The van der Waals surface area contributed by atoms with E-state index in [1.54, 1.807) is 0 Å². The number of fused-ring (bicyclic) bond motifs is 3. The first-order valence-electron chi connectivity index (χ1n) is 19.2. The number of ether oxygens (including phenoxy) is 3. The Labute approximate surface area is 389 Å². The fourth-order valence-electron chi connectivity index (χ4n) is 7.53. The Morgan fingerprint density at radius 3 is 1.22 bits per heavy atom. The highest BCUT2D eigenvalue weighted by Gasteiger charge is 2.52. The molecule has 9 rings (SSSR count). The summed E-state index contributed by atoms with van der Waals surface area (Å²) in [7, 11) is 0. The number of aromatic nitrogens is 12. The molecule has 67 heavy (non-hydrogen) atoms. The van der Waals surface area contributed by atoms with E-state index in [2.05, 4.69) is 56.7 Å². The number of imidazole rings is 3. The third-order valence-corrected chi connectivity index (χ3v) is 14.6. The van der Waals surface area contributed by atoms with Crippen LogP contribution in [0.1, 0.15) is 18.7 Å². The summed E-state index contributed by atoms with van der Waals surface area (Å²) in [5, 5.41) is 44.9. The molecule has 3 aliphatic heterocycles. The smallest absolute Gasteiger partial charge is 0.325 e. The van der Waals surface area contributed by atoms with Crippen molar-refractivity contribution in [3.05, 3.63) is 38.0 Å². The molecule has 0 bridgehead atoms. The molecule has 0 radical (unpaired) electrons. The maximum Gasteiger partial charge on any atom is 0.325 e. The van der Waals surface area contributed by atoms with Crippen LogP contribution in [0.3, 0.4) is 0 Å². The molecule has 14 atom stereocenters. The summed E-state index contributed by atoms with van der Waals surface area (Å²) in [5.74, 6) is 0.0688. The van der Waals surface area contributed by atoms with Gasteiger partial charge in [-0.1, -0.05) is 0 Å². The minimum absolute atomic E-state index is 0.00736. The Bertz CT molecular complexity index is 2950. The van der Waals surface area contributed by atoms with E-state index in [9.17, 15) is 40.0 Å². The van der Waals surface area contributed by atoms with Crippen molar-refractivity contribution in [2.24, 2.45) is 0 Å². The van der Waals surface area contributed by atoms with E-state index in [0.29, 0.717) is 0 Å². The van der Waals surface area contributed by atoms with Crippen LogP contribution in [0.4, 0.5) is 17.5 Å². The standard InChI is InChI=1S/C30H38N15O16P3S3/c31-22-13-25(37-4-34-22)43(7-40-13)28-19(49)16(46)10(57-28)2-55-63(52,66)61-21-18(48)12(59-30(21)45-9-42-15-24(33)36-6-39-27(15)45)3-56-64(53,67)60-20-17(47)11(1-54-62(50,51)65)58-29(20)44-8-41-14-23(32)35-5-38-26(14)44/h4-12,16-21,28-30,46-49H,1-3H2,(H,52,66)(H,53,67)(H2,31,34,37)(H2,32,35,38)(H2,33,36,39)(H2,50,51,65)/t10-,11-,12-,16-,17-,18-,19-,20-,21-,28-,29-,30-,63?,64?/m1/s1. The number of nitrogen functional groups attached to an aromatic ring is 3. The zero-order valence-corrected chi connectivity index (χ0v) is 38.7. The number of rotatable bonds is 16. The number of hydrogen-bond donors (Lipinski definition) is 11. The first-order valence-corrected chi connectivity index (χ1v) is 27.0. The molecule has 3 saturated heterocycles. The Morgan fingerprint density at radius 2 is 0.836 bits per heavy atom. The van der Waals surface area contributed by atoms with Gasteiger partial charge in [0.05, 0.1) is 38.8 Å². The Morgan fingerprint density at radius 1 is 0.493 bits per heavy atom. The molecule has 0 amide bonds. The van der Waals surface area contributed by atoms with E-state index < -0.39 is 114 Å². The van der Waals surface area contributed by atoms with Gasteiger partial charge in [-0.15, -0.1) is 0 Å². The Hall–Kier alpha value is -3.64. The minimum Gasteiger partial charge on any atom is -0.387 e. The van der Waals surface area contributed by atoms with E-state index in [0.717, 1.165) is 12.7 Å². The van der Waals surface area contributed by atoms with Crippen molar-refractivity contribution in [1.82, 2.24) is 58.6 Å². The molecule has 0 saturated carbocycles. The number of nitrogens with zero attached hydrogens (tertiary/aromatic N) is 12. The van der Waals surface area contributed by atoms with Crippen molar-refractivity contribution >= 4 is 107 Å². The van der Waals surface area contributed by atoms with Crippen molar-refractivity contribution in [1.29, 1.82) is 0 Å². The molecule has 362 valence electrons. The first-order chi connectivity index (χ1) is 31.7. The predicted octanol–water partition coefficient (Wildman–Crippen LogP) is -3.15. The highest BCUT2D eigenvalue weighted by molar-refractivity contribution is 8.07. The number of anilines is 3. The van der Waals surface area contributed by atoms with Crippen molar-refractivity contribution in [2.75, 3.05) is 37.0 Å². The summed E-state index contributed by atoms with van der Waals surface area (Å²) >= 11 is 15.2. The van der Waals surface area contributed by atoms with Crippen molar-refractivity contribution in [2.45, 2.75) is 73.6 Å². The van der Waals surface area contributed by atoms with Crippen LogP contribution >= 0.6 is 20.2 Å². The number of hydrogen-bond acceptors (Lipinski definition) is 27. The zero-order chi connectivity index (χ0) is 47.7. The number of nitrogens with two attached hydrogens (primary N) is 3. The van der Waals surface area contributed by atoms with Crippen LogP contribution in [0.15, 0.2) is 38.0 Å². The molecule has 37 heteroatoms. The summed E-state index contributed by atoms with van der Waals surface area (Å²) in [6, 6.07) is 0. The van der Waals surface area contributed by atoms with E-state index >= 15 is 0 Å². The number of aliphatic hydroxyl groups is 4. The summed E-state index contributed by atoms with van der Waals surface area (Å²) < 4.78 is 49.8. The molecule has 0 spiro atoms. The molecule has 3 fully saturated rings. The summed E-state index contributed by atoms with van der Waals surface area (Å²) in [6.45, 7) is -15.2. The van der Waals surface area contributed by atoms with Crippen LogP contribution in [0.25, 0.3) is 33.5 Å². The van der Waals surface area contributed by atoms with Gasteiger partial charge in [0.25, 0.3) is 0 Å². The third kappa shape index (κ3) is 9.66. The van der Waals surface area contributed by atoms with Crippen LogP contribution in [0, 0.1) is 0 Å². The lowest BCUT2D eigenvalue weighted by atomic mass is 10.1. The molecule has 14 N–H and O–H groups in total. The predicted molar refractivity (Wildman–Crippen MR) is 234 cm³/mol. The topological polar surface area (TPSA) is 445 Å². The minimum atomic E-state index is -4.51. The Kier molecular flexibility index (Phi) is 13.4. The van der Waals surface area contributed by atoms with Gasteiger partial charge in [0.15, 0.2) is 53.1 Å². The van der Waals surface area contributed by atoms with Gasteiger partial charge in [0.1, 0.15) is 90.5 Å². The van der Waals surface area contributed by atoms with Crippen LogP contribution in [-0.2, 0) is 72.2 Å². The van der Waals surface area contributed by atoms with E-state index in [1.165, 1.54) is 39.0 Å². The quantitative estimate of drug-likeness (QED) is 0.0427. The molecule has 0 aliphatic carbocycles. The van der Waals surface area contributed by atoms with Crippen LogP contribution in [0.2, 0.25) is 0 Å². The molecule has 6 aromatic heterocycles. The van der Waals surface area contributed by atoms with Gasteiger partial charge < -0.3 is 85.0 Å². The van der Waals surface area contributed by atoms with Crippen molar-refractivity contribution < 1.29 is 76.8 Å². The molecule has 31 nitrogen and oxygen atoms in total. The fraction of sp³-hybridized carbons (Fsp3) is 0.500. The molecule has 0 aromatic carbocycles. The van der Waals surface area contributed by atoms with Crippen LogP contribution in [-0.4, -0.2) is 173 Å². The monoisotopic (exact) mass is 1050 g/mol. The van der Waals surface area contributed by atoms with Gasteiger partial charge in [-0.3, -0.25) is 22.7 Å². The maximum absolute atomic E-state index is 11.7. The highest BCUT2D eigenvalue weighted by Crippen LogP contribution is 2.53. The SMILES string of the molecule is Nc1ncnc2c1ncn2[C@@H]1O[C@H](COP(O)(=S)O[C@@H]2[C@H](O)[C@@H](COP(O)(=S)O[C@@H]3[C@H](O)[C@@H](COP(O)(O)=S)O[C@H]3n3cnc4c(N)ncnc43)O[C@H]2n2cnc3c(N)ncnc32)[C@@H](O)[C@H]1O. The normalized spacial score (nSPS) is 31.0. The molecule has 6 aromatic rings. The molecule has 2 unspecified atom stereocenters. The summed E-state index contributed by atoms with van der Waals surface area (Å²) in [4.78, 5) is 79.0.